The second-order valence-electron chi connectivity index (χ2n) is 3.75. The molecular weight excluding hydrogens is 214 g/mol. The molecule has 0 amide bonds. The van der Waals surface area contributed by atoms with Crippen molar-refractivity contribution in [2.45, 2.75) is 33.1 Å². The molecule has 0 saturated heterocycles. The van der Waals surface area contributed by atoms with Crippen LogP contribution in [0.5, 0.6) is 0 Å². The molecule has 0 bridgehead atoms. The van der Waals surface area contributed by atoms with Crippen LogP contribution in [0.1, 0.15) is 6.92 Å². The van der Waals surface area contributed by atoms with Crippen LogP contribution in [0.15, 0.2) is 0 Å². The van der Waals surface area contributed by atoms with Gasteiger partial charge in [0.05, 0.1) is 0 Å². The minimum atomic E-state index is -1.49. The third-order valence-corrected chi connectivity index (χ3v) is 8.94. The monoisotopic (exact) mass is 237 g/mol. The number of rotatable bonds is 6. The second-order valence-corrected chi connectivity index (χ2v) is 11.6. The summed E-state index contributed by atoms with van der Waals surface area (Å²) in [5.41, 5.74) is 0. The smallest absolute Gasteiger partial charge is 0.389 e. The fourth-order valence-corrected chi connectivity index (χ4v) is 7.37. The largest absolute Gasteiger partial charge is 0.430 e. The zero-order chi connectivity index (χ0) is 10.4. The Labute approximate surface area is 87.4 Å². The normalized spacial score (nSPS) is 12.5. The number of nitrogens with zero attached hydrogens (tertiary/aromatic N) is 1. The first kappa shape index (κ1) is 13.5. The summed E-state index contributed by atoms with van der Waals surface area (Å²) in [6.07, 6.45) is 0. The molecule has 0 atom stereocenters. The Hall–Kier alpha value is 0.531. The van der Waals surface area contributed by atoms with Crippen molar-refractivity contribution in [3.05, 3.63) is 0 Å². The Balaban J connectivity index is 4.02. The molecule has 0 aliphatic carbocycles. The van der Waals surface area contributed by atoms with Gasteiger partial charge in [0.2, 0.25) is 0 Å². The lowest BCUT2D eigenvalue weighted by Gasteiger charge is -2.28. The maximum Gasteiger partial charge on any atom is 0.389 e. The van der Waals surface area contributed by atoms with Crippen LogP contribution in [0.2, 0.25) is 26.2 Å². The van der Waals surface area contributed by atoms with Crippen molar-refractivity contribution in [3.63, 3.8) is 0 Å². The molecule has 0 spiro atoms. The highest BCUT2D eigenvalue weighted by atomic mass is 28.4. The summed E-state index contributed by atoms with van der Waals surface area (Å²) in [5, 5.41) is 0. The van der Waals surface area contributed by atoms with E-state index in [4.69, 9.17) is 8.23 Å². The van der Waals surface area contributed by atoms with Crippen molar-refractivity contribution >= 4 is 27.5 Å². The van der Waals surface area contributed by atoms with Crippen LogP contribution in [-0.4, -0.2) is 45.7 Å². The summed E-state index contributed by atoms with van der Waals surface area (Å²) in [7, 11) is -1.27. The van der Waals surface area contributed by atoms with E-state index in [-0.39, 0.29) is 0 Å². The number of hydrogen-bond donors (Lipinski definition) is 0. The molecule has 0 fully saturated rings. The molecule has 0 aromatic rings. The van der Waals surface area contributed by atoms with E-state index >= 15 is 0 Å². The summed E-state index contributed by atoms with van der Waals surface area (Å²) in [5.74, 6) is 0. The minimum Gasteiger partial charge on any atom is -0.430 e. The van der Waals surface area contributed by atoms with Gasteiger partial charge in [0.1, 0.15) is 0 Å². The van der Waals surface area contributed by atoms with Gasteiger partial charge in [-0.05, 0) is 39.8 Å². The fraction of sp³-hybridized carbons (Fsp3) is 1.00. The molecule has 0 aliphatic heterocycles. The van der Waals surface area contributed by atoms with Crippen LogP contribution in [0.3, 0.4) is 0 Å². The standard InChI is InChI=1S/C7H23NO2Si3/c1-7-8(2)13(9-11(3)4)10-12(5)6/h11-13H,7H2,1-6H3. The van der Waals surface area contributed by atoms with Gasteiger partial charge in [0.25, 0.3) is 0 Å². The van der Waals surface area contributed by atoms with Gasteiger partial charge in [-0.15, -0.1) is 0 Å². The van der Waals surface area contributed by atoms with Crippen molar-refractivity contribution in [1.82, 2.24) is 4.57 Å². The van der Waals surface area contributed by atoms with E-state index in [2.05, 4.69) is 44.7 Å². The van der Waals surface area contributed by atoms with Crippen molar-refractivity contribution in [1.29, 1.82) is 0 Å². The lowest BCUT2D eigenvalue weighted by molar-refractivity contribution is 0.331. The van der Waals surface area contributed by atoms with Crippen LogP contribution in [-0.2, 0) is 8.23 Å². The van der Waals surface area contributed by atoms with Crippen LogP contribution in [0.25, 0.3) is 0 Å². The summed E-state index contributed by atoms with van der Waals surface area (Å²) >= 11 is 0. The van der Waals surface area contributed by atoms with Crippen molar-refractivity contribution in [3.8, 4) is 0 Å². The van der Waals surface area contributed by atoms with Crippen LogP contribution < -0.4 is 0 Å². The molecule has 13 heavy (non-hydrogen) atoms. The molecule has 0 unspecified atom stereocenters. The van der Waals surface area contributed by atoms with E-state index in [1.54, 1.807) is 0 Å². The van der Waals surface area contributed by atoms with E-state index in [0.29, 0.717) is 0 Å². The average Bonchev–Trinajstić information content (AvgIpc) is 2.00. The van der Waals surface area contributed by atoms with Crippen LogP contribution in [0, 0.1) is 0 Å². The first-order valence-corrected chi connectivity index (χ1v) is 12.0. The maximum atomic E-state index is 5.93. The Morgan fingerprint density at radius 2 is 1.38 bits per heavy atom. The fourth-order valence-electron chi connectivity index (χ4n) is 0.855. The molecule has 0 heterocycles. The van der Waals surface area contributed by atoms with Gasteiger partial charge >= 0.3 is 9.45 Å². The Bertz CT molecular complexity index is 125. The van der Waals surface area contributed by atoms with Gasteiger partial charge in [-0.25, -0.2) is 0 Å². The molecule has 80 valence electrons. The van der Waals surface area contributed by atoms with Crippen LogP contribution in [0.4, 0.5) is 0 Å². The van der Waals surface area contributed by atoms with Gasteiger partial charge in [-0.3, -0.25) is 4.57 Å². The molecule has 0 N–H and O–H groups in total. The Kier molecular flexibility index (Phi) is 7.19. The Morgan fingerprint density at radius 1 is 1.00 bits per heavy atom. The van der Waals surface area contributed by atoms with Gasteiger partial charge in [-0.2, -0.15) is 0 Å². The van der Waals surface area contributed by atoms with Crippen LogP contribution >= 0.6 is 0 Å². The highest BCUT2D eigenvalue weighted by Gasteiger charge is 2.21. The zero-order valence-electron chi connectivity index (χ0n) is 9.70. The lowest BCUT2D eigenvalue weighted by Crippen LogP contribution is -2.46. The third-order valence-electron chi connectivity index (χ3n) is 1.64. The predicted octanol–water partition coefficient (Wildman–Crippen LogP) is 0.655. The molecule has 0 rings (SSSR count). The lowest BCUT2D eigenvalue weighted by atomic mass is 10.8. The molecule has 0 radical (unpaired) electrons. The Morgan fingerprint density at radius 3 is 1.62 bits per heavy atom. The molecule has 0 aliphatic rings. The highest BCUT2D eigenvalue weighted by molar-refractivity contribution is 6.66. The predicted molar refractivity (Wildman–Crippen MR) is 65.4 cm³/mol. The summed E-state index contributed by atoms with van der Waals surface area (Å²) < 4.78 is 14.1. The first-order valence-electron chi connectivity index (χ1n) is 4.98. The first-order chi connectivity index (χ1) is 5.97. The quantitative estimate of drug-likeness (QED) is 0.634. The van der Waals surface area contributed by atoms with E-state index < -0.39 is 27.5 Å². The van der Waals surface area contributed by atoms with E-state index in [1.165, 1.54) is 0 Å². The molecule has 0 aromatic carbocycles. The van der Waals surface area contributed by atoms with Crippen molar-refractivity contribution in [2.75, 3.05) is 13.6 Å². The second kappa shape index (κ2) is 6.91. The van der Waals surface area contributed by atoms with Gasteiger partial charge in [-0.1, -0.05) is 6.92 Å². The van der Waals surface area contributed by atoms with Crippen molar-refractivity contribution < 1.29 is 8.23 Å². The summed E-state index contributed by atoms with van der Waals surface area (Å²) in [6.45, 7) is 12.0. The average molecular weight is 238 g/mol. The molecule has 6 heteroatoms. The SMILES string of the molecule is CCN(C)[SiH](O[SiH](C)C)O[SiH](C)C. The zero-order valence-corrected chi connectivity index (χ0v) is 13.2. The maximum absolute atomic E-state index is 5.93. The van der Waals surface area contributed by atoms with Gasteiger partial charge in [0.15, 0.2) is 18.1 Å². The minimum absolute atomic E-state index is 0.940. The van der Waals surface area contributed by atoms with E-state index in [0.717, 1.165) is 6.54 Å². The summed E-state index contributed by atoms with van der Waals surface area (Å²) in [6, 6.07) is 0. The summed E-state index contributed by atoms with van der Waals surface area (Å²) in [4.78, 5) is 0. The van der Waals surface area contributed by atoms with Gasteiger partial charge in [0, 0.05) is 0 Å². The van der Waals surface area contributed by atoms with Gasteiger partial charge < -0.3 is 8.23 Å². The molecule has 3 nitrogen and oxygen atoms in total. The number of hydrogen-bond acceptors (Lipinski definition) is 3. The topological polar surface area (TPSA) is 21.7 Å². The van der Waals surface area contributed by atoms with Crippen molar-refractivity contribution in [2.24, 2.45) is 0 Å². The highest BCUT2D eigenvalue weighted by Crippen LogP contribution is 2.00. The van der Waals surface area contributed by atoms with E-state index in [9.17, 15) is 0 Å². The third kappa shape index (κ3) is 6.58. The molecule has 0 saturated carbocycles. The van der Waals surface area contributed by atoms with E-state index in [1.807, 2.05) is 0 Å². The molecular formula is C7H23NO2Si3. The molecule has 0 aromatic heterocycles.